The van der Waals surface area contributed by atoms with Crippen LogP contribution in [0.25, 0.3) is 10.9 Å². The number of aliphatic hydroxyl groups is 1. The van der Waals surface area contributed by atoms with E-state index in [4.69, 9.17) is 4.42 Å². The van der Waals surface area contributed by atoms with E-state index in [1.54, 1.807) is 31.7 Å². The summed E-state index contributed by atoms with van der Waals surface area (Å²) in [5, 5.41) is 11.7. The molecule has 0 aliphatic heterocycles. The summed E-state index contributed by atoms with van der Waals surface area (Å²) in [5.74, 6) is 0. The SMILES string of the molecule is CC(O)(c1ccoc1)c1ccc2cccnc2c1. The number of furan rings is 1. The topological polar surface area (TPSA) is 46.3 Å². The Labute approximate surface area is 105 Å². The van der Waals surface area contributed by atoms with Crippen molar-refractivity contribution in [3.8, 4) is 0 Å². The van der Waals surface area contributed by atoms with Crippen LogP contribution in [-0.4, -0.2) is 10.1 Å². The molecule has 18 heavy (non-hydrogen) atoms. The van der Waals surface area contributed by atoms with E-state index < -0.39 is 5.60 Å². The number of rotatable bonds is 2. The first-order valence-corrected chi connectivity index (χ1v) is 5.78. The summed E-state index contributed by atoms with van der Waals surface area (Å²) in [6.45, 7) is 1.75. The maximum absolute atomic E-state index is 10.6. The van der Waals surface area contributed by atoms with E-state index in [0.717, 1.165) is 22.0 Å². The molecule has 0 spiro atoms. The van der Waals surface area contributed by atoms with Crippen LogP contribution in [0.4, 0.5) is 0 Å². The minimum absolute atomic E-state index is 0.734. The van der Waals surface area contributed by atoms with E-state index >= 15 is 0 Å². The van der Waals surface area contributed by atoms with E-state index in [-0.39, 0.29) is 0 Å². The fourth-order valence-electron chi connectivity index (χ4n) is 2.08. The van der Waals surface area contributed by atoms with E-state index in [1.807, 2.05) is 30.3 Å². The third-order valence-corrected chi connectivity index (χ3v) is 3.25. The van der Waals surface area contributed by atoms with Crippen molar-refractivity contribution in [2.75, 3.05) is 0 Å². The lowest BCUT2D eigenvalue weighted by Crippen LogP contribution is -2.21. The van der Waals surface area contributed by atoms with Gasteiger partial charge in [0.15, 0.2) is 0 Å². The number of hydrogen-bond acceptors (Lipinski definition) is 3. The molecule has 3 rings (SSSR count). The van der Waals surface area contributed by atoms with Crippen LogP contribution < -0.4 is 0 Å². The van der Waals surface area contributed by atoms with Crippen LogP contribution in [0.5, 0.6) is 0 Å². The number of nitrogens with zero attached hydrogens (tertiary/aromatic N) is 1. The minimum atomic E-state index is -1.07. The van der Waals surface area contributed by atoms with E-state index in [1.165, 1.54) is 0 Å². The maximum Gasteiger partial charge on any atom is 0.115 e. The highest BCUT2D eigenvalue weighted by Gasteiger charge is 2.26. The molecular weight excluding hydrogens is 226 g/mol. The van der Waals surface area contributed by atoms with Crippen molar-refractivity contribution in [3.63, 3.8) is 0 Å². The molecule has 0 saturated heterocycles. The number of benzene rings is 1. The summed E-state index contributed by atoms with van der Waals surface area (Å²) >= 11 is 0. The second-order valence-corrected chi connectivity index (χ2v) is 4.50. The highest BCUT2D eigenvalue weighted by Crippen LogP contribution is 2.30. The van der Waals surface area contributed by atoms with Crippen LogP contribution in [0.3, 0.4) is 0 Å². The Morgan fingerprint density at radius 3 is 2.83 bits per heavy atom. The second-order valence-electron chi connectivity index (χ2n) is 4.50. The molecule has 0 aliphatic rings. The maximum atomic E-state index is 10.6. The number of fused-ring (bicyclic) bond motifs is 1. The molecule has 3 heteroatoms. The number of aromatic nitrogens is 1. The molecule has 2 heterocycles. The molecule has 0 bridgehead atoms. The van der Waals surface area contributed by atoms with Gasteiger partial charge in [0.1, 0.15) is 5.60 Å². The summed E-state index contributed by atoms with van der Waals surface area (Å²) < 4.78 is 5.03. The molecule has 0 amide bonds. The smallest absolute Gasteiger partial charge is 0.115 e. The molecule has 0 radical (unpaired) electrons. The third-order valence-electron chi connectivity index (χ3n) is 3.25. The zero-order valence-electron chi connectivity index (χ0n) is 10.00. The van der Waals surface area contributed by atoms with Crippen LogP contribution in [0.1, 0.15) is 18.1 Å². The fraction of sp³-hybridized carbons (Fsp3) is 0.133. The Kier molecular flexibility index (Phi) is 2.42. The monoisotopic (exact) mass is 239 g/mol. The molecule has 1 aromatic carbocycles. The van der Waals surface area contributed by atoms with Crippen LogP contribution in [0.15, 0.2) is 59.5 Å². The standard InChI is InChI=1S/C15H13NO2/c1-15(17,13-6-8-18-10-13)12-5-4-11-3-2-7-16-14(11)9-12/h2-10,17H,1H3. The van der Waals surface area contributed by atoms with Gasteiger partial charge in [-0.2, -0.15) is 0 Å². The highest BCUT2D eigenvalue weighted by atomic mass is 16.3. The molecule has 90 valence electrons. The van der Waals surface area contributed by atoms with E-state index in [0.29, 0.717) is 0 Å². The van der Waals surface area contributed by atoms with Gasteiger partial charge in [-0.25, -0.2) is 0 Å². The normalized spacial score (nSPS) is 14.6. The average Bonchev–Trinajstić information content (AvgIpc) is 2.92. The predicted molar refractivity (Wildman–Crippen MR) is 69.1 cm³/mol. The van der Waals surface area contributed by atoms with E-state index in [2.05, 4.69) is 4.98 Å². The van der Waals surface area contributed by atoms with Crippen molar-refractivity contribution < 1.29 is 9.52 Å². The number of pyridine rings is 1. The van der Waals surface area contributed by atoms with Crippen LogP contribution in [-0.2, 0) is 5.60 Å². The van der Waals surface area contributed by atoms with Gasteiger partial charge in [-0.15, -0.1) is 0 Å². The summed E-state index contributed by atoms with van der Waals surface area (Å²) in [6.07, 6.45) is 4.87. The molecule has 0 aliphatic carbocycles. The zero-order chi connectivity index (χ0) is 12.6. The molecule has 3 nitrogen and oxygen atoms in total. The highest BCUT2D eigenvalue weighted by molar-refractivity contribution is 5.79. The predicted octanol–water partition coefficient (Wildman–Crippen LogP) is 3.08. The first kappa shape index (κ1) is 11.0. The fourth-order valence-corrected chi connectivity index (χ4v) is 2.08. The molecule has 1 atom stereocenters. The van der Waals surface area contributed by atoms with Gasteiger partial charge in [-0.05, 0) is 30.7 Å². The van der Waals surface area contributed by atoms with Crippen LogP contribution >= 0.6 is 0 Å². The molecule has 0 saturated carbocycles. The lowest BCUT2D eigenvalue weighted by atomic mass is 9.89. The van der Waals surface area contributed by atoms with Crippen molar-refractivity contribution in [2.45, 2.75) is 12.5 Å². The molecule has 1 N–H and O–H groups in total. The Hall–Kier alpha value is -2.13. The van der Waals surface area contributed by atoms with Crippen molar-refractivity contribution in [1.29, 1.82) is 0 Å². The summed E-state index contributed by atoms with van der Waals surface area (Å²) in [7, 11) is 0. The van der Waals surface area contributed by atoms with Crippen LogP contribution in [0, 0.1) is 0 Å². The van der Waals surface area contributed by atoms with Gasteiger partial charge in [0.25, 0.3) is 0 Å². The minimum Gasteiger partial charge on any atom is -0.472 e. The Bertz CT molecular complexity index is 672. The van der Waals surface area contributed by atoms with Gasteiger partial charge in [-0.1, -0.05) is 18.2 Å². The lowest BCUT2D eigenvalue weighted by Gasteiger charge is -2.22. The van der Waals surface area contributed by atoms with Crippen molar-refractivity contribution in [2.24, 2.45) is 0 Å². The quantitative estimate of drug-likeness (QED) is 0.747. The summed E-state index contributed by atoms with van der Waals surface area (Å²) in [6, 6.07) is 11.4. The zero-order valence-corrected chi connectivity index (χ0v) is 10.00. The number of hydrogen-bond donors (Lipinski definition) is 1. The van der Waals surface area contributed by atoms with Gasteiger partial charge < -0.3 is 9.52 Å². The van der Waals surface area contributed by atoms with Gasteiger partial charge in [0.05, 0.1) is 18.0 Å². The van der Waals surface area contributed by atoms with E-state index in [9.17, 15) is 5.11 Å². The third kappa shape index (κ3) is 1.69. The van der Waals surface area contributed by atoms with Gasteiger partial charge in [-0.3, -0.25) is 4.98 Å². The van der Waals surface area contributed by atoms with Crippen LogP contribution in [0.2, 0.25) is 0 Å². The Morgan fingerprint density at radius 2 is 2.06 bits per heavy atom. The van der Waals surface area contributed by atoms with Gasteiger partial charge >= 0.3 is 0 Å². The molecule has 2 aromatic heterocycles. The Morgan fingerprint density at radius 1 is 1.17 bits per heavy atom. The first-order valence-electron chi connectivity index (χ1n) is 5.78. The molecular formula is C15H13NO2. The van der Waals surface area contributed by atoms with Crippen molar-refractivity contribution >= 4 is 10.9 Å². The lowest BCUT2D eigenvalue weighted by molar-refractivity contribution is 0.102. The van der Waals surface area contributed by atoms with Gasteiger partial charge in [0, 0.05) is 17.1 Å². The molecule has 1 unspecified atom stereocenters. The summed E-state index contributed by atoms with van der Waals surface area (Å²) in [4.78, 5) is 4.30. The average molecular weight is 239 g/mol. The molecule has 3 aromatic rings. The van der Waals surface area contributed by atoms with Crippen molar-refractivity contribution in [3.05, 3.63) is 66.2 Å². The van der Waals surface area contributed by atoms with Gasteiger partial charge in [0.2, 0.25) is 0 Å². The first-order chi connectivity index (χ1) is 8.68. The van der Waals surface area contributed by atoms with Crippen molar-refractivity contribution in [1.82, 2.24) is 4.98 Å². The second kappa shape index (κ2) is 3.96. The largest absolute Gasteiger partial charge is 0.472 e. The summed E-state index contributed by atoms with van der Waals surface area (Å²) in [5.41, 5.74) is 1.34. The Balaban J connectivity index is 2.14. The molecule has 0 fully saturated rings.